The monoisotopic (exact) mass is 332 g/mol. The second-order valence-electron chi connectivity index (χ2n) is 5.10. The summed E-state index contributed by atoms with van der Waals surface area (Å²) in [7, 11) is 5.36. The first-order valence-corrected chi connectivity index (χ1v) is 7.65. The fourth-order valence-electron chi connectivity index (χ4n) is 2.19. The first-order valence-electron chi connectivity index (χ1n) is 7.27. The number of guanidine groups is 1. The van der Waals surface area contributed by atoms with Crippen LogP contribution < -0.4 is 10.1 Å². The molecular weight excluding hydrogens is 312 g/mol. The fraction of sp³-hybridized carbons (Fsp3) is 0.294. The minimum absolute atomic E-state index is 0.608. The molecule has 0 aliphatic carbocycles. The van der Waals surface area contributed by atoms with Gasteiger partial charge in [-0.2, -0.15) is 0 Å². The van der Waals surface area contributed by atoms with Crippen LogP contribution in [-0.2, 0) is 13.1 Å². The van der Waals surface area contributed by atoms with Gasteiger partial charge in [0, 0.05) is 44.5 Å². The van der Waals surface area contributed by atoms with Crippen molar-refractivity contribution in [3.05, 3.63) is 58.7 Å². The lowest BCUT2D eigenvalue weighted by atomic mass is 10.2. The van der Waals surface area contributed by atoms with Crippen LogP contribution in [0.5, 0.6) is 5.88 Å². The Morgan fingerprint density at radius 3 is 2.74 bits per heavy atom. The van der Waals surface area contributed by atoms with E-state index >= 15 is 0 Å². The third kappa shape index (κ3) is 5.14. The van der Waals surface area contributed by atoms with E-state index in [1.165, 1.54) is 0 Å². The normalized spacial score (nSPS) is 11.2. The predicted octanol–water partition coefficient (Wildman–Crippen LogP) is 2.95. The highest BCUT2D eigenvalue weighted by Crippen LogP contribution is 2.12. The van der Waals surface area contributed by atoms with Gasteiger partial charge in [0.1, 0.15) is 0 Å². The van der Waals surface area contributed by atoms with Crippen molar-refractivity contribution in [3.63, 3.8) is 0 Å². The molecule has 0 aliphatic heterocycles. The molecule has 0 spiro atoms. The molecule has 122 valence electrons. The van der Waals surface area contributed by atoms with Crippen LogP contribution in [0, 0.1) is 0 Å². The topological polar surface area (TPSA) is 49.8 Å². The maximum atomic E-state index is 6.03. The summed E-state index contributed by atoms with van der Waals surface area (Å²) in [6.45, 7) is 1.37. The predicted molar refractivity (Wildman–Crippen MR) is 93.9 cm³/mol. The number of hydrogen-bond donors (Lipinski definition) is 1. The smallest absolute Gasteiger partial charge is 0.212 e. The van der Waals surface area contributed by atoms with Crippen LogP contribution in [0.1, 0.15) is 11.1 Å². The van der Waals surface area contributed by atoms with E-state index < -0.39 is 0 Å². The Morgan fingerprint density at radius 2 is 2.13 bits per heavy atom. The van der Waals surface area contributed by atoms with Gasteiger partial charge in [-0.05, 0) is 23.3 Å². The summed E-state index contributed by atoms with van der Waals surface area (Å²) >= 11 is 6.03. The number of aliphatic imine (C=N–C) groups is 1. The number of ether oxygens (including phenoxy) is 1. The summed E-state index contributed by atoms with van der Waals surface area (Å²) in [5.74, 6) is 1.41. The van der Waals surface area contributed by atoms with Crippen molar-refractivity contribution in [3.8, 4) is 5.88 Å². The van der Waals surface area contributed by atoms with Crippen LogP contribution in [0.15, 0.2) is 47.6 Å². The molecule has 0 atom stereocenters. The summed E-state index contributed by atoms with van der Waals surface area (Å²) in [5, 5.41) is 4.06. The van der Waals surface area contributed by atoms with Gasteiger partial charge in [-0.15, -0.1) is 0 Å². The lowest BCUT2D eigenvalue weighted by Gasteiger charge is -2.22. The Bertz CT molecular complexity index is 658. The Balaban J connectivity index is 1.93. The largest absolute Gasteiger partial charge is 0.481 e. The molecule has 1 aromatic heterocycles. The summed E-state index contributed by atoms with van der Waals surface area (Å²) < 4.78 is 5.06. The molecule has 0 saturated carbocycles. The van der Waals surface area contributed by atoms with Crippen molar-refractivity contribution < 1.29 is 4.74 Å². The number of nitrogens with zero attached hydrogens (tertiary/aromatic N) is 3. The number of nitrogens with one attached hydrogen (secondary N) is 1. The van der Waals surface area contributed by atoms with Crippen molar-refractivity contribution in [2.75, 3.05) is 21.2 Å². The zero-order valence-electron chi connectivity index (χ0n) is 13.6. The van der Waals surface area contributed by atoms with Crippen LogP contribution in [0.25, 0.3) is 0 Å². The maximum absolute atomic E-state index is 6.03. The molecule has 5 nitrogen and oxygen atoms in total. The second kappa shape index (κ2) is 8.39. The van der Waals surface area contributed by atoms with Gasteiger partial charge in [-0.3, -0.25) is 4.99 Å². The zero-order chi connectivity index (χ0) is 16.7. The van der Waals surface area contributed by atoms with E-state index in [1.54, 1.807) is 20.4 Å². The average molecular weight is 333 g/mol. The maximum Gasteiger partial charge on any atom is 0.212 e. The zero-order valence-corrected chi connectivity index (χ0v) is 14.3. The van der Waals surface area contributed by atoms with Crippen molar-refractivity contribution in [2.24, 2.45) is 4.99 Å². The molecule has 0 aliphatic rings. The van der Waals surface area contributed by atoms with Gasteiger partial charge >= 0.3 is 0 Å². The standard InChI is InChI=1S/C17H21ClN4O/c1-19-17(21-11-14-7-8-16(23-3)20-10-14)22(2)12-13-5-4-6-15(18)9-13/h4-10H,11-12H2,1-3H3,(H,19,21). The van der Waals surface area contributed by atoms with Gasteiger partial charge in [-0.25, -0.2) is 4.98 Å². The molecule has 23 heavy (non-hydrogen) atoms. The van der Waals surface area contributed by atoms with E-state index in [0.717, 1.165) is 28.7 Å². The molecule has 6 heteroatoms. The van der Waals surface area contributed by atoms with Crippen molar-refractivity contribution in [1.82, 2.24) is 15.2 Å². The van der Waals surface area contributed by atoms with Gasteiger partial charge < -0.3 is 15.0 Å². The molecule has 0 bridgehead atoms. The van der Waals surface area contributed by atoms with E-state index in [4.69, 9.17) is 16.3 Å². The SMILES string of the molecule is CN=C(NCc1ccc(OC)nc1)N(C)Cc1cccc(Cl)c1. The van der Waals surface area contributed by atoms with Crippen molar-refractivity contribution >= 4 is 17.6 Å². The van der Waals surface area contributed by atoms with Crippen LogP contribution in [0.4, 0.5) is 0 Å². The van der Waals surface area contributed by atoms with Crippen molar-refractivity contribution in [2.45, 2.75) is 13.1 Å². The highest BCUT2D eigenvalue weighted by atomic mass is 35.5. The molecule has 0 fully saturated rings. The van der Waals surface area contributed by atoms with Crippen molar-refractivity contribution in [1.29, 1.82) is 0 Å². The third-order valence-corrected chi connectivity index (χ3v) is 3.57. The van der Waals surface area contributed by atoms with Crippen LogP contribution in [0.3, 0.4) is 0 Å². The molecule has 1 aromatic carbocycles. The number of rotatable bonds is 5. The minimum atomic E-state index is 0.608. The number of hydrogen-bond acceptors (Lipinski definition) is 3. The quantitative estimate of drug-likeness (QED) is 0.675. The molecule has 0 unspecified atom stereocenters. The highest BCUT2D eigenvalue weighted by molar-refractivity contribution is 6.30. The second-order valence-corrected chi connectivity index (χ2v) is 5.53. The molecule has 0 saturated heterocycles. The lowest BCUT2D eigenvalue weighted by Crippen LogP contribution is -2.38. The number of methoxy groups -OCH3 is 1. The summed E-state index contributed by atoms with van der Waals surface area (Å²) in [6, 6.07) is 11.6. The summed E-state index contributed by atoms with van der Waals surface area (Å²) in [6.07, 6.45) is 1.79. The van der Waals surface area contributed by atoms with Crippen LogP contribution in [-0.4, -0.2) is 37.0 Å². The Kier molecular flexibility index (Phi) is 6.23. The molecule has 1 N–H and O–H groups in total. The van der Waals surface area contributed by atoms with Gasteiger partial charge in [0.2, 0.25) is 5.88 Å². The molecule has 2 rings (SSSR count). The Hall–Kier alpha value is -2.27. The molecular formula is C17H21ClN4O. The molecule has 0 radical (unpaired) electrons. The number of aromatic nitrogens is 1. The van der Waals surface area contributed by atoms with E-state index in [1.807, 2.05) is 48.3 Å². The number of benzene rings is 1. The fourth-order valence-corrected chi connectivity index (χ4v) is 2.40. The summed E-state index contributed by atoms with van der Waals surface area (Å²) in [5.41, 5.74) is 2.19. The molecule has 0 amide bonds. The lowest BCUT2D eigenvalue weighted by molar-refractivity contribution is 0.397. The van der Waals surface area contributed by atoms with E-state index in [2.05, 4.69) is 15.3 Å². The first-order chi connectivity index (χ1) is 11.1. The van der Waals surface area contributed by atoms with Gasteiger partial charge in [0.15, 0.2) is 5.96 Å². The summed E-state index contributed by atoms with van der Waals surface area (Å²) in [4.78, 5) is 10.5. The van der Waals surface area contributed by atoms with E-state index in [-0.39, 0.29) is 0 Å². The van der Waals surface area contributed by atoms with Gasteiger partial charge in [0.25, 0.3) is 0 Å². The van der Waals surface area contributed by atoms with Crippen LogP contribution in [0.2, 0.25) is 5.02 Å². The Morgan fingerprint density at radius 1 is 1.30 bits per heavy atom. The average Bonchev–Trinajstić information content (AvgIpc) is 2.56. The Labute approximate surface area is 142 Å². The third-order valence-electron chi connectivity index (χ3n) is 3.34. The molecule has 2 aromatic rings. The van der Waals surface area contributed by atoms with Gasteiger partial charge in [-0.1, -0.05) is 29.8 Å². The number of halogens is 1. The number of pyridine rings is 1. The van der Waals surface area contributed by atoms with E-state index in [0.29, 0.717) is 12.4 Å². The molecule has 1 heterocycles. The first kappa shape index (κ1) is 17.1. The van der Waals surface area contributed by atoms with Crippen LogP contribution >= 0.6 is 11.6 Å². The highest BCUT2D eigenvalue weighted by Gasteiger charge is 2.07. The van der Waals surface area contributed by atoms with Gasteiger partial charge in [0.05, 0.1) is 7.11 Å². The minimum Gasteiger partial charge on any atom is -0.481 e. The van der Waals surface area contributed by atoms with E-state index in [9.17, 15) is 0 Å².